The molecule has 4 heteroatoms. The van der Waals surface area contributed by atoms with Gasteiger partial charge in [0, 0.05) is 27.7 Å². The molecule has 2 atom stereocenters. The Labute approximate surface area is 125 Å². The van der Waals surface area contributed by atoms with Crippen molar-refractivity contribution >= 4 is 23.2 Å². The van der Waals surface area contributed by atoms with E-state index in [1.807, 2.05) is 25.2 Å². The highest BCUT2D eigenvalue weighted by Crippen LogP contribution is 2.47. The molecule has 2 aliphatic rings. The SMILES string of the molecule is CNCC1CCN(C2CC2)C1c1c(Cl)cccc1Cl. The van der Waals surface area contributed by atoms with Crippen molar-refractivity contribution in [3.8, 4) is 0 Å². The summed E-state index contributed by atoms with van der Waals surface area (Å²) in [5.41, 5.74) is 1.13. The monoisotopic (exact) mass is 298 g/mol. The predicted octanol–water partition coefficient (Wildman–Crippen LogP) is 3.74. The third-order valence-electron chi connectivity index (χ3n) is 4.34. The summed E-state index contributed by atoms with van der Waals surface area (Å²) in [6, 6.07) is 6.98. The summed E-state index contributed by atoms with van der Waals surface area (Å²) in [6.07, 6.45) is 3.87. The van der Waals surface area contributed by atoms with Gasteiger partial charge in [-0.3, -0.25) is 4.90 Å². The third kappa shape index (κ3) is 2.64. The van der Waals surface area contributed by atoms with Crippen LogP contribution in [0.4, 0.5) is 0 Å². The van der Waals surface area contributed by atoms with E-state index in [1.165, 1.54) is 25.8 Å². The van der Waals surface area contributed by atoms with Crippen molar-refractivity contribution in [3.05, 3.63) is 33.8 Å². The minimum atomic E-state index is 0.376. The summed E-state index contributed by atoms with van der Waals surface area (Å²) >= 11 is 12.9. The maximum Gasteiger partial charge on any atom is 0.0468 e. The summed E-state index contributed by atoms with van der Waals surface area (Å²) in [5, 5.41) is 4.94. The van der Waals surface area contributed by atoms with E-state index in [0.29, 0.717) is 12.0 Å². The Morgan fingerprint density at radius 2 is 1.89 bits per heavy atom. The molecular formula is C15H20Cl2N2. The molecule has 1 aliphatic heterocycles. The zero-order valence-electron chi connectivity index (χ0n) is 11.2. The van der Waals surface area contributed by atoms with Gasteiger partial charge in [0.05, 0.1) is 0 Å². The molecule has 3 rings (SSSR count). The standard InChI is InChI=1S/C15H20Cl2N2/c1-18-9-10-7-8-19(11-5-6-11)15(10)14-12(16)3-2-4-13(14)17/h2-4,10-11,15,18H,5-9H2,1H3. The van der Waals surface area contributed by atoms with Crippen LogP contribution in [0, 0.1) is 5.92 Å². The van der Waals surface area contributed by atoms with Crippen LogP contribution >= 0.6 is 23.2 Å². The van der Waals surface area contributed by atoms with Gasteiger partial charge in [-0.2, -0.15) is 0 Å². The van der Waals surface area contributed by atoms with E-state index in [1.54, 1.807) is 0 Å². The lowest BCUT2D eigenvalue weighted by atomic mass is 9.93. The van der Waals surface area contributed by atoms with E-state index in [4.69, 9.17) is 23.2 Å². The Balaban J connectivity index is 1.96. The average Bonchev–Trinajstić information content (AvgIpc) is 3.14. The molecule has 0 spiro atoms. The molecule has 1 aromatic carbocycles. The number of benzene rings is 1. The molecule has 2 unspecified atom stereocenters. The molecular weight excluding hydrogens is 279 g/mol. The fraction of sp³-hybridized carbons (Fsp3) is 0.600. The highest BCUT2D eigenvalue weighted by atomic mass is 35.5. The van der Waals surface area contributed by atoms with E-state index in [0.717, 1.165) is 28.2 Å². The minimum absolute atomic E-state index is 0.376. The zero-order chi connectivity index (χ0) is 13.4. The summed E-state index contributed by atoms with van der Waals surface area (Å²) in [6.45, 7) is 2.19. The van der Waals surface area contributed by atoms with E-state index < -0.39 is 0 Å². The first-order valence-electron chi connectivity index (χ1n) is 7.06. The Morgan fingerprint density at radius 3 is 2.47 bits per heavy atom. The summed E-state index contributed by atoms with van der Waals surface area (Å²) in [7, 11) is 2.02. The Kier molecular flexibility index (Phi) is 4.04. The van der Waals surface area contributed by atoms with Crippen molar-refractivity contribution < 1.29 is 0 Å². The van der Waals surface area contributed by atoms with Crippen molar-refractivity contribution in [3.63, 3.8) is 0 Å². The number of nitrogens with zero attached hydrogens (tertiary/aromatic N) is 1. The van der Waals surface area contributed by atoms with Gasteiger partial charge in [-0.15, -0.1) is 0 Å². The normalized spacial score (nSPS) is 27.9. The van der Waals surface area contributed by atoms with Gasteiger partial charge in [0.1, 0.15) is 0 Å². The molecule has 1 heterocycles. The second-order valence-corrected chi connectivity index (χ2v) is 6.47. The molecule has 0 amide bonds. The van der Waals surface area contributed by atoms with Crippen molar-refractivity contribution in [2.24, 2.45) is 5.92 Å². The number of likely N-dealkylation sites (tertiary alicyclic amines) is 1. The molecule has 0 aromatic heterocycles. The lowest BCUT2D eigenvalue weighted by Crippen LogP contribution is -2.31. The second kappa shape index (κ2) is 5.61. The lowest BCUT2D eigenvalue weighted by Gasteiger charge is -2.30. The first-order valence-corrected chi connectivity index (χ1v) is 7.82. The first-order chi connectivity index (χ1) is 9.22. The lowest BCUT2D eigenvalue weighted by molar-refractivity contribution is 0.217. The van der Waals surface area contributed by atoms with Crippen molar-refractivity contribution in [1.29, 1.82) is 0 Å². The van der Waals surface area contributed by atoms with Crippen LogP contribution in [0.5, 0.6) is 0 Å². The number of halogens is 2. The van der Waals surface area contributed by atoms with Gasteiger partial charge < -0.3 is 5.32 Å². The Morgan fingerprint density at radius 1 is 1.21 bits per heavy atom. The third-order valence-corrected chi connectivity index (χ3v) is 5.00. The van der Waals surface area contributed by atoms with Crippen LogP contribution < -0.4 is 5.32 Å². The molecule has 1 aromatic rings. The van der Waals surface area contributed by atoms with Crippen molar-refractivity contribution in [1.82, 2.24) is 10.2 Å². The predicted molar refractivity (Wildman–Crippen MR) is 81.0 cm³/mol. The van der Waals surface area contributed by atoms with E-state index in [9.17, 15) is 0 Å². The van der Waals surface area contributed by atoms with E-state index in [-0.39, 0.29) is 0 Å². The number of hydrogen-bond donors (Lipinski definition) is 1. The van der Waals surface area contributed by atoms with E-state index >= 15 is 0 Å². The summed E-state index contributed by atoms with van der Waals surface area (Å²) in [4.78, 5) is 2.62. The van der Waals surface area contributed by atoms with Gasteiger partial charge in [0.15, 0.2) is 0 Å². The van der Waals surface area contributed by atoms with Gasteiger partial charge in [-0.05, 0) is 57.5 Å². The van der Waals surface area contributed by atoms with Crippen LogP contribution in [0.25, 0.3) is 0 Å². The first kappa shape index (κ1) is 13.7. The van der Waals surface area contributed by atoms with Gasteiger partial charge >= 0.3 is 0 Å². The quantitative estimate of drug-likeness (QED) is 0.911. The number of hydrogen-bond acceptors (Lipinski definition) is 2. The Bertz CT molecular complexity index is 439. The Hall–Kier alpha value is -0.280. The molecule has 0 bridgehead atoms. The largest absolute Gasteiger partial charge is 0.319 e. The molecule has 1 N–H and O–H groups in total. The smallest absolute Gasteiger partial charge is 0.0468 e. The van der Waals surface area contributed by atoms with Crippen LogP contribution in [-0.4, -0.2) is 31.1 Å². The highest BCUT2D eigenvalue weighted by Gasteiger charge is 2.43. The van der Waals surface area contributed by atoms with Crippen molar-refractivity contribution in [2.45, 2.75) is 31.3 Å². The molecule has 2 fully saturated rings. The van der Waals surface area contributed by atoms with Crippen LogP contribution in [0.1, 0.15) is 30.9 Å². The maximum atomic E-state index is 6.43. The number of nitrogens with one attached hydrogen (secondary N) is 1. The average molecular weight is 299 g/mol. The van der Waals surface area contributed by atoms with Gasteiger partial charge in [-0.1, -0.05) is 29.3 Å². The molecule has 1 aliphatic carbocycles. The molecule has 19 heavy (non-hydrogen) atoms. The molecule has 2 nitrogen and oxygen atoms in total. The number of rotatable bonds is 4. The van der Waals surface area contributed by atoms with Crippen molar-refractivity contribution in [2.75, 3.05) is 20.1 Å². The minimum Gasteiger partial charge on any atom is -0.319 e. The van der Waals surface area contributed by atoms with Crippen LogP contribution in [0.2, 0.25) is 10.0 Å². The van der Waals surface area contributed by atoms with Crippen LogP contribution in [-0.2, 0) is 0 Å². The van der Waals surface area contributed by atoms with Gasteiger partial charge in [0.25, 0.3) is 0 Å². The topological polar surface area (TPSA) is 15.3 Å². The highest BCUT2D eigenvalue weighted by molar-refractivity contribution is 6.36. The molecule has 0 radical (unpaired) electrons. The van der Waals surface area contributed by atoms with E-state index in [2.05, 4.69) is 10.2 Å². The maximum absolute atomic E-state index is 6.43. The van der Waals surface area contributed by atoms with Crippen LogP contribution in [0.15, 0.2) is 18.2 Å². The molecule has 104 valence electrons. The zero-order valence-corrected chi connectivity index (χ0v) is 12.7. The summed E-state index contributed by atoms with van der Waals surface area (Å²) in [5.74, 6) is 0.600. The summed E-state index contributed by atoms with van der Waals surface area (Å²) < 4.78 is 0. The fourth-order valence-corrected chi connectivity index (χ4v) is 3.99. The van der Waals surface area contributed by atoms with Crippen LogP contribution in [0.3, 0.4) is 0 Å². The van der Waals surface area contributed by atoms with Gasteiger partial charge in [-0.25, -0.2) is 0 Å². The molecule has 1 saturated carbocycles. The second-order valence-electron chi connectivity index (χ2n) is 5.66. The molecule has 1 saturated heterocycles. The fourth-order valence-electron chi connectivity index (χ4n) is 3.37. The van der Waals surface area contributed by atoms with Gasteiger partial charge in [0.2, 0.25) is 0 Å².